The monoisotopic (exact) mass is 303 g/mol. The van der Waals surface area contributed by atoms with Crippen LogP contribution in [0.2, 0.25) is 0 Å². The molecule has 0 saturated heterocycles. The van der Waals surface area contributed by atoms with E-state index in [4.69, 9.17) is 5.73 Å². The van der Waals surface area contributed by atoms with E-state index in [1.807, 2.05) is 18.2 Å². The number of amides is 1. The van der Waals surface area contributed by atoms with Crippen molar-refractivity contribution in [2.45, 2.75) is 0 Å². The summed E-state index contributed by atoms with van der Waals surface area (Å²) in [6.45, 7) is 0. The minimum Gasteiger partial charge on any atom is -0.366 e. The molecule has 2 N–H and O–H groups in total. The zero-order valence-corrected chi connectivity index (χ0v) is 9.80. The van der Waals surface area contributed by atoms with Crippen LogP contribution in [0, 0.1) is 0 Å². The average Bonchev–Trinajstić information content (AvgIpc) is 2.07. The zero-order valence-electron chi connectivity index (χ0n) is 6.63. The smallest absolute Gasteiger partial charge is 0.241 e. The van der Waals surface area contributed by atoms with Crippen molar-refractivity contribution < 1.29 is 4.79 Å². The number of hydrogen-bond donors (Lipinski definition) is 1. The molecule has 0 heterocycles. The van der Waals surface area contributed by atoms with Crippen LogP contribution in [-0.4, -0.2) is 5.91 Å². The van der Waals surface area contributed by atoms with Gasteiger partial charge in [-0.1, -0.05) is 12.1 Å². The summed E-state index contributed by atoms with van der Waals surface area (Å²) in [7, 11) is 0. The maximum Gasteiger partial charge on any atom is 0.241 e. The molecule has 0 spiro atoms. The molecule has 0 aromatic heterocycles. The molecule has 13 heavy (non-hydrogen) atoms. The largest absolute Gasteiger partial charge is 0.366 e. The summed E-state index contributed by atoms with van der Waals surface area (Å²) in [4.78, 5) is 10.5. The molecule has 0 aliphatic rings. The SMILES string of the molecule is NC(=O)C=Cc1cccc(Br)c1Br. The van der Waals surface area contributed by atoms with Gasteiger partial charge in [0, 0.05) is 15.0 Å². The first-order valence-electron chi connectivity index (χ1n) is 3.53. The summed E-state index contributed by atoms with van der Waals surface area (Å²) >= 11 is 6.74. The third-order valence-electron chi connectivity index (χ3n) is 1.41. The van der Waals surface area contributed by atoms with Crippen LogP contribution in [0.1, 0.15) is 5.56 Å². The Bertz CT molecular complexity index is 361. The summed E-state index contributed by atoms with van der Waals surface area (Å²) < 4.78 is 1.85. The highest BCUT2D eigenvalue weighted by Crippen LogP contribution is 2.27. The number of rotatable bonds is 2. The highest BCUT2D eigenvalue weighted by Gasteiger charge is 1.99. The van der Waals surface area contributed by atoms with Crippen molar-refractivity contribution in [2.24, 2.45) is 5.73 Å². The van der Waals surface area contributed by atoms with Crippen molar-refractivity contribution in [1.29, 1.82) is 0 Å². The third kappa shape index (κ3) is 2.97. The summed E-state index contributed by atoms with van der Waals surface area (Å²) in [5.41, 5.74) is 5.89. The van der Waals surface area contributed by atoms with Crippen LogP contribution in [0.3, 0.4) is 0 Å². The van der Waals surface area contributed by atoms with E-state index in [1.54, 1.807) is 6.08 Å². The number of nitrogens with two attached hydrogens (primary N) is 1. The molecule has 0 aliphatic heterocycles. The lowest BCUT2D eigenvalue weighted by Gasteiger charge is -1.99. The molecule has 1 rings (SSSR count). The van der Waals surface area contributed by atoms with E-state index in [9.17, 15) is 4.79 Å². The molecule has 1 amide bonds. The number of carbonyl (C=O) groups excluding carboxylic acids is 1. The van der Waals surface area contributed by atoms with Gasteiger partial charge in [-0.05, 0) is 49.6 Å². The lowest BCUT2D eigenvalue weighted by atomic mass is 10.2. The van der Waals surface area contributed by atoms with E-state index in [-0.39, 0.29) is 0 Å². The van der Waals surface area contributed by atoms with E-state index < -0.39 is 5.91 Å². The molecule has 1 aromatic rings. The Kier molecular flexibility index (Phi) is 3.69. The highest BCUT2D eigenvalue weighted by atomic mass is 79.9. The second kappa shape index (κ2) is 4.58. The van der Waals surface area contributed by atoms with Gasteiger partial charge in [0.1, 0.15) is 0 Å². The van der Waals surface area contributed by atoms with Gasteiger partial charge in [-0.3, -0.25) is 4.79 Å². The van der Waals surface area contributed by atoms with Gasteiger partial charge in [-0.2, -0.15) is 0 Å². The average molecular weight is 305 g/mol. The molecule has 0 fully saturated rings. The molecule has 4 heteroatoms. The van der Waals surface area contributed by atoms with Gasteiger partial charge in [-0.25, -0.2) is 0 Å². The first kappa shape index (κ1) is 10.5. The van der Waals surface area contributed by atoms with Crippen LogP contribution in [0.25, 0.3) is 6.08 Å². The minimum absolute atomic E-state index is 0.452. The Hall–Kier alpha value is -0.610. The van der Waals surface area contributed by atoms with Crippen LogP contribution in [0.15, 0.2) is 33.2 Å². The molecule has 0 radical (unpaired) electrons. The number of carbonyl (C=O) groups is 1. The third-order valence-corrected chi connectivity index (χ3v) is 3.49. The fourth-order valence-electron chi connectivity index (χ4n) is 0.821. The van der Waals surface area contributed by atoms with Gasteiger partial charge in [0.15, 0.2) is 0 Å². The fourth-order valence-corrected chi connectivity index (χ4v) is 1.60. The van der Waals surface area contributed by atoms with Crippen molar-refractivity contribution in [2.75, 3.05) is 0 Å². The normalized spacial score (nSPS) is 10.6. The molecule has 0 unspecified atom stereocenters. The Labute approximate surface area is 93.1 Å². The molecule has 0 bridgehead atoms. The predicted molar refractivity (Wildman–Crippen MR) is 60.1 cm³/mol. The molecule has 68 valence electrons. The Morgan fingerprint density at radius 3 is 2.69 bits per heavy atom. The minimum atomic E-state index is -0.452. The number of hydrogen-bond acceptors (Lipinski definition) is 1. The van der Waals surface area contributed by atoms with Crippen molar-refractivity contribution in [3.63, 3.8) is 0 Å². The van der Waals surface area contributed by atoms with Gasteiger partial charge in [0.2, 0.25) is 5.91 Å². The highest BCUT2D eigenvalue weighted by molar-refractivity contribution is 9.13. The molecular formula is C9H7Br2NO. The van der Waals surface area contributed by atoms with Gasteiger partial charge in [0.25, 0.3) is 0 Å². The number of primary amides is 1. The molecule has 0 aliphatic carbocycles. The van der Waals surface area contributed by atoms with E-state index in [0.29, 0.717) is 0 Å². The van der Waals surface area contributed by atoms with Gasteiger partial charge < -0.3 is 5.73 Å². The van der Waals surface area contributed by atoms with Crippen LogP contribution in [-0.2, 0) is 4.79 Å². The lowest BCUT2D eigenvalue weighted by Crippen LogP contribution is -2.05. The first-order chi connectivity index (χ1) is 6.11. The Morgan fingerprint density at radius 1 is 1.38 bits per heavy atom. The Balaban J connectivity index is 3.02. The summed E-state index contributed by atoms with van der Waals surface area (Å²) in [5.74, 6) is -0.452. The van der Waals surface area contributed by atoms with Crippen molar-refractivity contribution in [3.05, 3.63) is 38.8 Å². The van der Waals surface area contributed by atoms with Crippen LogP contribution in [0.5, 0.6) is 0 Å². The van der Waals surface area contributed by atoms with Crippen LogP contribution in [0.4, 0.5) is 0 Å². The summed E-state index contributed by atoms with van der Waals surface area (Å²) in [6, 6.07) is 5.68. The predicted octanol–water partition coefficient (Wildman–Crippen LogP) is 2.71. The van der Waals surface area contributed by atoms with E-state index >= 15 is 0 Å². The Morgan fingerprint density at radius 2 is 2.08 bits per heavy atom. The topological polar surface area (TPSA) is 43.1 Å². The standard InChI is InChI=1S/C9H7Br2NO/c10-7-3-1-2-6(9(7)11)4-5-8(12)13/h1-5H,(H2,12,13). The second-order valence-electron chi connectivity index (χ2n) is 2.38. The number of halogens is 2. The van der Waals surface area contributed by atoms with Crippen molar-refractivity contribution in [3.8, 4) is 0 Å². The first-order valence-corrected chi connectivity index (χ1v) is 5.11. The molecule has 2 nitrogen and oxygen atoms in total. The van der Waals surface area contributed by atoms with Gasteiger partial charge >= 0.3 is 0 Å². The number of benzene rings is 1. The molecule has 1 aromatic carbocycles. The van der Waals surface area contributed by atoms with Gasteiger partial charge in [-0.15, -0.1) is 0 Å². The molecular weight excluding hydrogens is 298 g/mol. The van der Waals surface area contributed by atoms with Crippen molar-refractivity contribution in [1.82, 2.24) is 0 Å². The second-order valence-corrected chi connectivity index (χ2v) is 4.03. The van der Waals surface area contributed by atoms with Crippen LogP contribution >= 0.6 is 31.9 Å². The maximum atomic E-state index is 10.5. The van der Waals surface area contributed by atoms with Crippen LogP contribution < -0.4 is 5.73 Å². The lowest BCUT2D eigenvalue weighted by molar-refractivity contribution is -0.113. The zero-order chi connectivity index (χ0) is 9.84. The summed E-state index contributed by atoms with van der Waals surface area (Å²) in [6.07, 6.45) is 2.99. The van der Waals surface area contributed by atoms with E-state index in [1.165, 1.54) is 6.08 Å². The molecule has 0 atom stereocenters. The van der Waals surface area contributed by atoms with Gasteiger partial charge in [0.05, 0.1) is 0 Å². The quantitative estimate of drug-likeness (QED) is 0.839. The maximum absolute atomic E-state index is 10.5. The summed E-state index contributed by atoms with van der Waals surface area (Å²) in [5, 5.41) is 0. The van der Waals surface area contributed by atoms with Crippen molar-refractivity contribution >= 4 is 43.8 Å². The molecule has 0 saturated carbocycles. The fraction of sp³-hybridized carbons (Fsp3) is 0. The van der Waals surface area contributed by atoms with E-state index in [0.717, 1.165) is 14.5 Å². The van der Waals surface area contributed by atoms with E-state index in [2.05, 4.69) is 31.9 Å².